The second-order valence-corrected chi connectivity index (χ2v) is 10.1. The molecule has 2 heterocycles. The average Bonchev–Trinajstić information content (AvgIpc) is 3.54. The number of aryl methyl sites for hydroxylation is 1. The number of likely N-dealkylation sites (N-methyl/N-ethyl adjacent to an activating group) is 1. The lowest BCUT2D eigenvalue weighted by atomic mass is 10.1. The van der Waals surface area contributed by atoms with Gasteiger partial charge in [-0.3, -0.25) is 9.59 Å². The average molecular weight is 602 g/mol. The van der Waals surface area contributed by atoms with Crippen molar-refractivity contribution in [1.82, 2.24) is 30.9 Å². The van der Waals surface area contributed by atoms with Crippen LogP contribution in [0.2, 0.25) is 10.0 Å². The van der Waals surface area contributed by atoms with Crippen LogP contribution in [0.3, 0.4) is 0 Å². The number of para-hydroxylation sites is 1. The van der Waals surface area contributed by atoms with Gasteiger partial charge < -0.3 is 15.0 Å². The lowest BCUT2D eigenvalue weighted by Crippen LogP contribution is -2.37. The minimum Gasteiger partial charge on any atom is -0.487 e. The van der Waals surface area contributed by atoms with Gasteiger partial charge in [-0.1, -0.05) is 65.7 Å². The van der Waals surface area contributed by atoms with Gasteiger partial charge in [0.2, 0.25) is 11.8 Å². The van der Waals surface area contributed by atoms with Gasteiger partial charge in [-0.05, 0) is 53.3 Å². The number of nitrogens with one attached hydrogen (secondary N) is 2. The smallest absolute Gasteiger partial charge is 0.246 e. The summed E-state index contributed by atoms with van der Waals surface area (Å²) >= 11 is 13.2. The molecule has 0 unspecified atom stereocenters. The third kappa shape index (κ3) is 6.56. The number of amides is 2. The summed E-state index contributed by atoms with van der Waals surface area (Å²) in [4.78, 5) is 31.2. The van der Waals surface area contributed by atoms with Crippen molar-refractivity contribution in [1.29, 1.82) is 0 Å². The van der Waals surface area contributed by atoms with Crippen molar-refractivity contribution < 1.29 is 14.3 Å². The Morgan fingerprint density at radius 1 is 1.05 bits per heavy atom. The van der Waals surface area contributed by atoms with E-state index in [-0.39, 0.29) is 24.1 Å². The van der Waals surface area contributed by atoms with E-state index in [0.29, 0.717) is 27.8 Å². The molecule has 0 spiro atoms. The van der Waals surface area contributed by atoms with E-state index in [2.05, 4.69) is 30.9 Å². The number of aromatic amines is 1. The maximum atomic E-state index is 12.9. The first-order valence-electron chi connectivity index (χ1n) is 12.8. The Balaban J connectivity index is 1.20. The number of hydrogen-bond donors (Lipinski definition) is 2. The number of ether oxygens (including phenoxy) is 1. The summed E-state index contributed by atoms with van der Waals surface area (Å²) in [5.41, 5.74) is 4.17. The molecule has 0 aliphatic rings. The fraction of sp³-hybridized carbons (Fsp3) is 0.133. The number of rotatable bonds is 9. The van der Waals surface area contributed by atoms with Gasteiger partial charge in [0.15, 0.2) is 5.82 Å². The summed E-state index contributed by atoms with van der Waals surface area (Å²) in [5.74, 6) is 0.350. The summed E-state index contributed by atoms with van der Waals surface area (Å²) in [6.07, 6.45) is 2.99. The molecule has 0 fully saturated rings. The molecule has 0 saturated carbocycles. The molecule has 0 saturated heterocycles. The third-order valence-corrected chi connectivity index (χ3v) is 7.24. The van der Waals surface area contributed by atoms with E-state index in [9.17, 15) is 9.59 Å². The van der Waals surface area contributed by atoms with E-state index in [1.165, 1.54) is 11.0 Å². The van der Waals surface area contributed by atoms with Crippen LogP contribution < -0.4 is 15.0 Å². The highest BCUT2D eigenvalue weighted by Crippen LogP contribution is 2.35. The Morgan fingerprint density at radius 3 is 2.62 bits per heavy atom. The summed E-state index contributed by atoms with van der Waals surface area (Å²) in [6, 6.07) is 20.2. The van der Waals surface area contributed by atoms with Gasteiger partial charge >= 0.3 is 0 Å². The molecule has 10 nitrogen and oxygen atoms in total. The number of halogens is 2. The van der Waals surface area contributed by atoms with Crippen molar-refractivity contribution in [3.8, 4) is 17.1 Å². The molecule has 0 bridgehead atoms. The maximum Gasteiger partial charge on any atom is 0.246 e. The van der Waals surface area contributed by atoms with Crippen LogP contribution in [-0.4, -0.2) is 51.0 Å². The molecule has 0 radical (unpaired) electrons. The van der Waals surface area contributed by atoms with Crippen LogP contribution in [0.15, 0.2) is 72.8 Å². The summed E-state index contributed by atoms with van der Waals surface area (Å²) < 4.78 is 6.08. The Morgan fingerprint density at radius 2 is 1.86 bits per heavy atom. The van der Waals surface area contributed by atoms with Crippen molar-refractivity contribution in [3.63, 3.8) is 0 Å². The molecule has 0 aliphatic carbocycles. The highest BCUT2D eigenvalue weighted by molar-refractivity contribution is 6.38. The number of anilines is 1. The second-order valence-electron chi connectivity index (χ2n) is 9.30. The van der Waals surface area contributed by atoms with Crippen molar-refractivity contribution in [3.05, 3.63) is 99.7 Å². The van der Waals surface area contributed by atoms with Crippen molar-refractivity contribution >= 4 is 57.7 Å². The molecular formula is C30H25Cl2N7O3. The number of H-pyrrole nitrogens is 1. The Labute approximate surface area is 251 Å². The number of carbonyl (C=O) groups excluding carboxylic acids is 2. The summed E-state index contributed by atoms with van der Waals surface area (Å²) in [5, 5.41) is 17.9. The lowest BCUT2D eigenvalue weighted by Gasteiger charge is -2.21. The van der Waals surface area contributed by atoms with Crippen LogP contribution >= 0.6 is 23.2 Å². The van der Waals surface area contributed by atoms with Gasteiger partial charge in [0, 0.05) is 40.4 Å². The highest BCUT2D eigenvalue weighted by atomic mass is 35.5. The second kappa shape index (κ2) is 12.8. The molecular weight excluding hydrogens is 577 g/mol. The minimum atomic E-state index is -0.421. The van der Waals surface area contributed by atoms with Crippen molar-refractivity contribution in [2.24, 2.45) is 0 Å². The molecule has 2 N–H and O–H groups in total. The molecule has 0 atom stereocenters. The largest absolute Gasteiger partial charge is 0.487 e. The molecule has 0 aliphatic heterocycles. The monoisotopic (exact) mass is 601 g/mol. The zero-order valence-electron chi connectivity index (χ0n) is 22.6. The van der Waals surface area contributed by atoms with E-state index in [1.54, 1.807) is 25.3 Å². The van der Waals surface area contributed by atoms with E-state index >= 15 is 0 Å². The molecule has 12 heteroatoms. The SMILES string of the molecule is Cc1ccc2cccc(OCc3c(Cl)ccc(N(C)C(=O)CNC(=O)C=Cc4ccc(-c5nnn[nH]5)cc4)c3Cl)c2n1. The van der Waals surface area contributed by atoms with Crippen molar-refractivity contribution in [2.45, 2.75) is 13.5 Å². The maximum absolute atomic E-state index is 12.9. The normalized spacial score (nSPS) is 11.1. The fourth-order valence-corrected chi connectivity index (χ4v) is 4.75. The summed E-state index contributed by atoms with van der Waals surface area (Å²) in [6.45, 7) is 1.75. The minimum absolute atomic E-state index is 0.0695. The molecule has 3 aromatic carbocycles. The van der Waals surface area contributed by atoms with Crippen LogP contribution in [0.5, 0.6) is 5.75 Å². The predicted molar refractivity (Wildman–Crippen MR) is 162 cm³/mol. The lowest BCUT2D eigenvalue weighted by molar-refractivity contribution is -0.122. The Bertz CT molecular complexity index is 1770. The number of hydrogen-bond acceptors (Lipinski definition) is 7. The predicted octanol–water partition coefficient (Wildman–Crippen LogP) is 5.40. The zero-order chi connectivity index (χ0) is 29.6. The van der Waals surface area contributed by atoms with Gasteiger partial charge in [0.1, 0.15) is 17.9 Å². The standard InChI is InChI=1S/C30H25Cl2N7O3/c1-18-6-10-20-4-3-5-25(29(20)34-18)42-17-22-23(31)13-14-24(28(22)32)39(2)27(41)16-33-26(40)15-9-19-7-11-21(12-8-19)30-35-37-38-36-30/h3-15H,16-17H2,1-2H3,(H,33,40)(H,35,36,37,38). The van der Waals surface area contributed by atoms with Crippen LogP contribution in [0, 0.1) is 6.92 Å². The van der Waals surface area contributed by atoms with Crippen LogP contribution in [0.1, 0.15) is 16.8 Å². The number of tetrazole rings is 1. The first-order chi connectivity index (χ1) is 20.3. The van der Waals surface area contributed by atoms with Crippen LogP contribution in [-0.2, 0) is 16.2 Å². The molecule has 2 amide bonds. The van der Waals surface area contributed by atoms with Gasteiger partial charge in [0.25, 0.3) is 0 Å². The quantitative estimate of drug-likeness (QED) is 0.216. The van der Waals surface area contributed by atoms with Gasteiger partial charge in [-0.15, -0.1) is 5.10 Å². The zero-order valence-corrected chi connectivity index (χ0v) is 24.1. The Kier molecular flexibility index (Phi) is 8.75. The molecule has 42 heavy (non-hydrogen) atoms. The molecule has 5 rings (SSSR count). The fourth-order valence-electron chi connectivity index (χ4n) is 4.14. The van der Waals surface area contributed by atoms with E-state index in [1.807, 2.05) is 61.5 Å². The first-order valence-corrected chi connectivity index (χ1v) is 13.6. The van der Waals surface area contributed by atoms with Crippen LogP contribution in [0.4, 0.5) is 5.69 Å². The van der Waals surface area contributed by atoms with Gasteiger partial charge in [-0.25, -0.2) is 10.1 Å². The van der Waals surface area contributed by atoms with Crippen LogP contribution in [0.25, 0.3) is 28.4 Å². The number of fused-ring (bicyclic) bond motifs is 1. The number of nitrogens with zero attached hydrogens (tertiary/aromatic N) is 5. The number of aromatic nitrogens is 5. The highest BCUT2D eigenvalue weighted by Gasteiger charge is 2.19. The number of benzene rings is 3. The van der Waals surface area contributed by atoms with Crippen molar-refractivity contribution in [2.75, 3.05) is 18.5 Å². The van der Waals surface area contributed by atoms with E-state index < -0.39 is 5.91 Å². The van der Waals surface area contributed by atoms with Gasteiger partial charge in [-0.2, -0.15) is 0 Å². The summed E-state index contributed by atoms with van der Waals surface area (Å²) in [7, 11) is 1.58. The molecule has 2 aromatic heterocycles. The van der Waals surface area contributed by atoms with E-state index in [4.69, 9.17) is 27.9 Å². The molecule has 212 valence electrons. The first kappa shape index (κ1) is 28.7. The van der Waals surface area contributed by atoms with E-state index in [0.717, 1.165) is 27.7 Å². The third-order valence-electron chi connectivity index (χ3n) is 6.47. The van der Waals surface area contributed by atoms with Gasteiger partial charge in [0.05, 0.1) is 17.3 Å². The molecule has 5 aromatic rings. The number of pyridine rings is 1. The Hall–Kier alpha value is -4.80. The topological polar surface area (TPSA) is 126 Å². The number of carbonyl (C=O) groups is 2.